The molecule has 1 heterocycles. The molecule has 0 bridgehead atoms. The van der Waals surface area contributed by atoms with Crippen molar-refractivity contribution in [3.05, 3.63) is 63.3 Å². The Morgan fingerprint density at radius 1 is 1.25 bits per heavy atom. The Hall–Kier alpha value is -2.47. The molecule has 3 N–H and O–H groups in total. The van der Waals surface area contributed by atoms with Crippen LogP contribution in [0, 0.1) is 17.0 Å². The van der Waals surface area contributed by atoms with Crippen LogP contribution in [0.15, 0.2) is 36.4 Å². The van der Waals surface area contributed by atoms with E-state index in [2.05, 4.69) is 10.3 Å². The number of rotatable bonds is 5. The van der Waals surface area contributed by atoms with Gasteiger partial charge < -0.3 is 11.1 Å². The van der Waals surface area contributed by atoms with Crippen LogP contribution in [-0.4, -0.2) is 9.91 Å². The van der Waals surface area contributed by atoms with Crippen LogP contribution in [0.3, 0.4) is 0 Å². The number of aromatic nitrogens is 1. The maximum atomic E-state index is 10.7. The molecule has 0 saturated heterocycles. The third-order valence-corrected chi connectivity index (χ3v) is 3.05. The molecule has 0 unspecified atom stereocenters. The molecular weight excluding hydrogens is 256 g/mol. The molecule has 0 radical (unpaired) electrons. The molecule has 0 aliphatic carbocycles. The lowest BCUT2D eigenvalue weighted by molar-refractivity contribution is -0.385. The van der Waals surface area contributed by atoms with Crippen LogP contribution in [0.2, 0.25) is 0 Å². The third-order valence-electron chi connectivity index (χ3n) is 3.05. The van der Waals surface area contributed by atoms with Crippen LogP contribution in [0.1, 0.15) is 16.8 Å². The van der Waals surface area contributed by atoms with Crippen molar-refractivity contribution in [2.24, 2.45) is 5.73 Å². The molecular formula is C14H16N4O2. The van der Waals surface area contributed by atoms with Crippen LogP contribution in [0.25, 0.3) is 0 Å². The molecule has 6 nitrogen and oxygen atoms in total. The summed E-state index contributed by atoms with van der Waals surface area (Å²) in [5.74, 6) is 0.611. The minimum Gasteiger partial charge on any atom is -0.366 e. The topological polar surface area (TPSA) is 94.1 Å². The molecule has 0 amide bonds. The molecule has 1 aromatic heterocycles. The highest BCUT2D eigenvalue weighted by Crippen LogP contribution is 2.18. The average molecular weight is 272 g/mol. The zero-order valence-corrected chi connectivity index (χ0v) is 11.2. The van der Waals surface area contributed by atoms with Gasteiger partial charge in [0.15, 0.2) is 0 Å². The molecule has 0 aliphatic rings. The minimum atomic E-state index is -0.435. The fourth-order valence-electron chi connectivity index (χ4n) is 1.96. The number of pyridine rings is 1. The molecule has 2 rings (SSSR count). The number of nitrogens with zero attached hydrogens (tertiary/aromatic N) is 2. The van der Waals surface area contributed by atoms with Gasteiger partial charge in [-0.2, -0.15) is 0 Å². The zero-order chi connectivity index (χ0) is 14.5. The highest BCUT2D eigenvalue weighted by Gasteiger charge is 2.11. The van der Waals surface area contributed by atoms with Gasteiger partial charge in [0, 0.05) is 19.2 Å². The largest absolute Gasteiger partial charge is 0.366 e. The van der Waals surface area contributed by atoms with E-state index in [9.17, 15) is 10.1 Å². The van der Waals surface area contributed by atoms with E-state index in [0.29, 0.717) is 24.6 Å². The van der Waals surface area contributed by atoms with Gasteiger partial charge in [-0.1, -0.05) is 24.3 Å². The SMILES string of the molecule is Cc1nc(NCc2ccccc2CN)ccc1[N+](=O)[O-]. The average Bonchev–Trinajstić information content (AvgIpc) is 2.45. The Morgan fingerprint density at radius 3 is 2.55 bits per heavy atom. The van der Waals surface area contributed by atoms with E-state index in [1.807, 2.05) is 24.3 Å². The minimum absolute atomic E-state index is 0.0258. The number of hydrogen-bond donors (Lipinski definition) is 2. The second kappa shape index (κ2) is 6.12. The van der Waals surface area contributed by atoms with Crippen LogP contribution in [-0.2, 0) is 13.1 Å². The molecule has 20 heavy (non-hydrogen) atoms. The molecule has 0 saturated carbocycles. The summed E-state index contributed by atoms with van der Waals surface area (Å²) in [4.78, 5) is 14.5. The summed E-state index contributed by atoms with van der Waals surface area (Å²) in [6.07, 6.45) is 0. The zero-order valence-electron chi connectivity index (χ0n) is 11.2. The number of benzene rings is 1. The highest BCUT2D eigenvalue weighted by molar-refractivity contribution is 5.45. The summed E-state index contributed by atoms with van der Waals surface area (Å²) in [6, 6.07) is 10.9. The van der Waals surface area contributed by atoms with Gasteiger partial charge in [-0.15, -0.1) is 0 Å². The fraction of sp³-hybridized carbons (Fsp3) is 0.214. The van der Waals surface area contributed by atoms with E-state index < -0.39 is 4.92 Å². The summed E-state index contributed by atoms with van der Waals surface area (Å²) in [7, 11) is 0. The summed E-state index contributed by atoms with van der Waals surface area (Å²) >= 11 is 0. The van der Waals surface area contributed by atoms with Crippen molar-refractivity contribution < 1.29 is 4.92 Å². The fourth-order valence-corrected chi connectivity index (χ4v) is 1.96. The number of nitrogens with two attached hydrogens (primary N) is 1. The van der Waals surface area contributed by atoms with Crippen molar-refractivity contribution >= 4 is 11.5 Å². The number of anilines is 1. The monoisotopic (exact) mass is 272 g/mol. The van der Waals surface area contributed by atoms with E-state index in [1.165, 1.54) is 6.07 Å². The van der Waals surface area contributed by atoms with Gasteiger partial charge in [0.25, 0.3) is 5.69 Å². The lowest BCUT2D eigenvalue weighted by atomic mass is 10.1. The molecule has 0 fully saturated rings. The van der Waals surface area contributed by atoms with Crippen molar-refractivity contribution in [3.63, 3.8) is 0 Å². The summed E-state index contributed by atoms with van der Waals surface area (Å²) in [6.45, 7) is 2.68. The molecule has 1 aromatic carbocycles. The van der Waals surface area contributed by atoms with Crippen LogP contribution >= 0.6 is 0 Å². The Labute approximate surface area is 116 Å². The van der Waals surface area contributed by atoms with Crippen LogP contribution in [0.5, 0.6) is 0 Å². The van der Waals surface area contributed by atoms with E-state index in [-0.39, 0.29) is 5.69 Å². The van der Waals surface area contributed by atoms with E-state index in [1.54, 1.807) is 13.0 Å². The van der Waals surface area contributed by atoms with Gasteiger partial charge in [0.1, 0.15) is 11.5 Å². The first-order valence-electron chi connectivity index (χ1n) is 6.24. The molecule has 0 aliphatic heterocycles. The van der Waals surface area contributed by atoms with Crippen LogP contribution in [0.4, 0.5) is 11.5 Å². The van der Waals surface area contributed by atoms with Gasteiger partial charge in [-0.05, 0) is 24.1 Å². The first-order valence-corrected chi connectivity index (χ1v) is 6.24. The predicted octanol–water partition coefficient (Wildman–Crippen LogP) is 2.37. The van der Waals surface area contributed by atoms with E-state index in [4.69, 9.17) is 5.73 Å². The van der Waals surface area contributed by atoms with E-state index in [0.717, 1.165) is 11.1 Å². The Bertz CT molecular complexity index is 628. The van der Waals surface area contributed by atoms with Crippen molar-refractivity contribution in [2.75, 3.05) is 5.32 Å². The Balaban J connectivity index is 2.11. The highest BCUT2D eigenvalue weighted by atomic mass is 16.6. The third kappa shape index (κ3) is 3.10. The first-order chi connectivity index (χ1) is 9.61. The van der Waals surface area contributed by atoms with Crippen molar-refractivity contribution in [1.29, 1.82) is 0 Å². The number of hydrogen-bond acceptors (Lipinski definition) is 5. The molecule has 2 aromatic rings. The smallest absolute Gasteiger partial charge is 0.290 e. The molecule has 6 heteroatoms. The molecule has 0 atom stereocenters. The Morgan fingerprint density at radius 2 is 1.95 bits per heavy atom. The van der Waals surface area contributed by atoms with E-state index >= 15 is 0 Å². The van der Waals surface area contributed by atoms with Crippen molar-refractivity contribution in [1.82, 2.24) is 4.98 Å². The second-order valence-electron chi connectivity index (χ2n) is 4.38. The first kappa shape index (κ1) is 14.0. The van der Waals surface area contributed by atoms with Crippen molar-refractivity contribution in [3.8, 4) is 0 Å². The standard InChI is InChI=1S/C14H16N4O2/c1-10-13(18(19)20)6-7-14(17-10)16-9-12-5-3-2-4-11(12)8-15/h2-7H,8-9,15H2,1H3,(H,16,17). The van der Waals surface area contributed by atoms with Gasteiger partial charge in [0.05, 0.1) is 4.92 Å². The van der Waals surface area contributed by atoms with Gasteiger partial charge in [-0.3, -0.25) is 10.1 Å². The normalized spacial score (nSPS) is 10.3. The summed E-state index contributed by atoms with van der Waals surface area (Å²) in [5, 5.41) is 13.9. The summed E-state index contributed by atoms with van der Waals surface area (Å²) in [5.41, 5.74) is 8.26. The maximum Gasteiger partial charge on any atom is 0.290 e. The number of aryl methyl sites for hydroxylation is 1. The quantitative estimate of drug-likeness (QED) is 0.643. The molecule has 0 spiro atoms. The maximum absolute atomic E-state index is 10.7. The second-order valence-corrected chi connectivity index (χ2v) is 4.38. The van der Waals surface area contributed by atoms with Crippen LogP contribution < -0.4 is 11.1 Å². The lowest BCUT2D eigenvalue weighted by Crippen LogP contribution is -2.07. The number of nitro groups is 1. The van der Waals surface area contributed by atoms with Gasteiger partial charge in [-0.25, -0.2) is 4.98 Å². The summed E-state index contributed by atoms with van der Waals surface area (Å²) < 4.78 is 0. The lowest BCUT2D eigenvalue weighted by Gasteiger charge is -2.10. The Kier molecular flexibility index (Phi) is 4.27. The van der Waals surface area contributed by atoms with Crippen molar-refractivity contribution in [2.45, 2.75) is 20.0 Å². The number of nitrogens with one attached hydrogen (secondary N) is 1. The van der Waals surface area contributed by atoms with Gasteiger partial charge in [0.2, 0.25) is 0 Å². The predicted molar refractivity (Wildman–Crippen MR) is 77.3 cm³/mol. The molecule has 104 valence electrons. The van der Waals surface area contributed by atoms with Gasteiger partial charge >= 0.3 is 0 Å².